The second-order valence-electron chi connectivity index (χ2n) is 6.44. The average Bonchev–Trinajstić information content (AvgIpc) is 2.98. The number of thioether (sulfide) groups is 1. The van der Waals surface area contributed by atoms with Gasteiger partial charge in [-0.1, -0.05) is 42.1 Å². The number of benzene rings is 2. The molecule has 0 aromatic heterocycles. The Morgan fingerprint density at radius 3 is 2.46 bits per heavy atom. The Morgan fingerprint density at radius 2 is 1.81 bits per heavy atom. The summed E-state index contributed by atoms with van der Waals surface area (Å²) in [6.45, 7) is 4.08. The summed E-state index contributed by atoms with van der Waals surface area (Å²) in [5.74, 6) is -0.0812. The summed E-state index contributed by atoms with van der Waals surface area (Å²) in [6, 6.07) is 17.6. The lowest BCUT2D eigenvalue weighted by Crippen LogP contribution is -2.37. The van der Waals surface area contributed by atoms with Crippen LogP contribution >= 0.6 is 11.8 Å². The first kappa shape index (κ1) is 18.5. The zero-order chi connectivity index (χ0) is 18.5. The van der Waals surface area contributed by atoms with Crippen molar-refractivity contribution in [2.45, 2.75) is 31.2 Å². The fourth-order valence-electron chi connectivity index (χ4n) is 2.98. The van der Waals surface area contributed by atoms with E-state index in [0.717, 1.165) is 17.1 Å². The van der Waals surface area contributed by atoms with Gasteiger partial charge in [0.15, 0.2) is 11.6 Å². The molecule has 6 heteroatoms. The van der Waals surface area contributed by atoms with Gasteiger partial charge in [-0.25, -0.2) is 4.58 Å². The molecule has 3 unspecified atom stereocenters. The number of hydrogen-bond acceptors (Lipinski definition) is 4. The lowest BCUT2D eigenvalue weighted by atomic mass is 10.1. The molecule has 0 saturated heterocycles. The lowest BCUT2D eigenvalue weighted by Gasteiger charge is -2.16. The molecular formula is C20H24N3O2S+. The summed E-state index contributed by atoms with van der Waals surface area (Å²) in [6.07, 6.45) is -0.407. The first-order chi connectivity index (χ1) is 12.5. The Morgan fingerprint density at radius 1 is 1.15 bits per heavy atom. The largest absolute Gasteiger partial charge is 0.392 e. The van der Waals surface area contributed by atoms with Crippen LogP contribution in [0.2, 0.25) is 0 Å². The fourth-order valence-corrected chi connectivity index (χ4v) is 4.15. The number of rotatable bonds is 6. The van der Waals surface area contributed by atoms with E-state index in [2.05, 4.69) is 10.6 Å². The third-order valence-electron chi connectivity index (χ3n) is 4.41. The number of anilines is 3. The molecule has 0 aliphatic carbocycles. The third-order valence-corrected chi connectivity index (χ3v) is 5.90. The molecule has 1 amide bonds. The molecular weight excluding hydrogens is 346 g/mol. The predicted molar refractivity (Wildman–Crippen MR) is 109 cm³/mol. The second kappa shape index (κ2) is 8.38. The van der Waals surface area contributed by atoms with Crippen LogP contribution in [0.5, 0.6) is 0 Å². The number of carbonyl (C=O) groups is 1. The molecule has 2 aromatic carbocycles. The van der Waals surface area contributed by atoms with E-state index in [0.29, 0.717) is 0 Å². The topological polar surface area (TPSA) is 64.4 Å². The van der Waals surface area contributed by atoms with Gasteiger partial charge < -0.3 is 15.7 Å². The number of nitrogens with one attached hydrogen (secondary N) is 2. The van der Waals surface area contributed by atoms with Gasteiger partial charge in [0.2, 0.25) is 6.54 Å². The number of aliphatic hydroxyl groups excluding tert-OH is 1. The van der Waals surface area contributed by atoms with E-state index in [1.54, 1.807) is 18.7 Å². The number of hydrogen-bond donors (Lipinski definition) is 3. The summed E-state index contributed by atoms with van der Waals surface area (Å²) in [5, 5.41) is 16.2. The standard InChI is InChI=1S/C20H23N3O2S/c1-14-20(15(2)24)26-13-23(14)12-19(25)22-18-11-7-6-10-17(18)21-16-8-4-3-5-9-16/h3-11,13-15,20-21,24H,12H2,1-2H3/p+1. The van der Waals surface area contributed by atoms with Crippen molar-refractivity contribution in [2.75, 3.05) is 17.2 Å². The number of amides is 1. The van der Waals surface area contributed by atoms with Crippen LogP contribution in [-0.2, 0) is 4.79 Å². The highest BCUT2D eigenvalue weighted by molar-refractivity contribution is 8.12. The van der Waals surface area contributed by atoms with Gasteiger partial charge in [-0.3, -0.25) is 4.79 Å². The molecule has 0 saturated carbocycles. The van der Waals surface area contributed by atoms with Crippen LogP contribution in [0.3, 0.4) is 0 Å². The molecule has 3 rings (SSSR count). The van der Waals surface area contributed by atoms with E-state index >= 15 is 0 Å². The van der Waals surface area contributed by atoms with E-state index in [1.807, 2.05) is 71.6 Å². The SMILES string of the molecule is CC(O)C1SC=[N+](CC(=O)Nc2ccccc2Nc2ccccc2)C1C. The van der Waals surface area contributed by atoms with Crippen molar-refractivity contribution < 1.29 is 14.5 Å². The van der Waals surface area contributed by atoms with Crippen LogP contribution in [0.25, 0.3) is 0 Å². The van der Waals surface area contributed by atoms with Gasteiger partial charge in [0.1, 0.15) is 5.25 Å². The van der Waals surface area contributed by atoms with E-state index in [9.17, 15) is 9.90 Å². The normalized spacial score (nSPS) is 20.3. The molecule has 3 N–H and O–H groups in total. The predicted octanol–water partition coefficient (Wildman–Crippen LogP) is 3.29. The minimum Gasteiger partial charge on any atom is -0.392 e. The van der Waals surface area contributed by atoms with Gasteiger partial charge in [0, 0.05) is 5.69 Å². The van der Waals surface area contributed by atoms with Crippen LogP contribution in [0.15, 0.2) is 54.6 Å². The molecule has 3 atom stereocenters. The van der Waals surface area contributed by atoms with Crippen molar-refractivity contribution in [1.82, 2.24) is 0 Å². The molecule has 2 aromatic rings. The first-order valence-corrected chi connectivity index (χ1v) is 9.62. The van der Waals surface area contributed by atoms with Gasteiger partial charge in [-0.2, -0.15) is 0 Å². The summed E-state index contributed by atoms with van der Waals surface area (Å²) in [7, 11) is 0. The second-order valence-corrected chi connectivity index (χ2v) is 7.47. The molecule has 1 aliphatic heterocycles. The number of nitrogens with zero attached hydrogens (tertiary/aromatic N) is 1. The zero-order valence-electron chi connectivity index (χ0n) is 14.9. The van der Waals surface area contributed by atoms with E-state index in [-0.39, 0.29) is 23.7 Å². The minimum absolute atomic E-state index is 0.0812. The molecule has 5 nitrogen and oxygen atoms in total. The molecule has 0 radical (unpaired) electrons. The maximum atomic E-state index is 12.5. The maximum absolute atomic E-state index is 12.5. The Kier molecular flexibility index (Phi) is 5.96. The van der Waals surface area contributed by atoms with E-state index in [1.165, 1.54) is 0 Å². The Bertz CT molecular complexity index is 793. The Labute approximate surface area is 158 Å². The lowest BCUT2D eigenvalue weighted by molar-refractivity contribution is -0.542. The third kappa shape index (κ3) is 4.45. The van der Waals surface area contributed by atoms with Crippen LogP contribution in [0.4, 0.5) is 17.1 Å². The smallest absolute Gasteiger partial charge is 0.289 e. The first-order valence-electron chi connectivity index (χ1n) is 8.68. The van der Waals surface area contributed by atoms with Crippen LogP contribution in [0.1, 0.15) is 13.8 Å². The fraction of sp³-hybridized carbons (Fsp3) is 0.300. The van der Waals surface area contributed by atoms with Gasteiger partial charge in [-0.05, 0) is 38.1 Å². The van der Waals surface area contributed by atoms with Crippen molar-refractivity contribution in [2.24, 2.45) is 0 Å². The monoisotopic (exact) mass is 370 g/mol. The van der Waals surface area contributed by atoms with Crippen LogP contribution in [-0.4, -0.2) is 45.1 Å². The van der Waals surface area contributed by atoms with Crippen molar-refractivity contribution in [3.05, 3.63) is 54.6 Å². The van der Waals surface area contributed by atoms with Gasteiger partial charge in [0.05, 0.1) is 17.5 Å². The number of para-hydroxylation sites is 3. The molecule has 0 bridgehead atoms. The highest BCUT2D eigenvalue weighted by atomic mass is 32.2. The summed E-state index contributed by atoms with van der Waals surface area (Å²) >= 11 is 1.58. The molecule has 0 fully saturated rings. The summed E-state index contributed by atoms with van der Waals surface area (Å²) in [4.78, 5) is 12.5. The zero-order valence-corrected chi connectivity index (χ0v) is 15.7. The molecule has 136 valence electrons. The van der Waals surface area contributed by atoms with E-state index < -0.39 is 6.10 Å². The highest BCUT2D eigenvalue weighted by Crippen LogP contribution is 2.26. The number of carbonyl (C=O) groups excluding carboxylic acids is 1. The van der Waals surface area contributed by atoms with Gasteiger partial charge in [0.25, 0.3) is 5.91 Å². The summed E-state index contributed by atoms with van der Waals surface area (Å²) < 4.78 is 1.98. The van der Waals surface area contributed by atoms with Gasteiger partial charge >= 0.3 is 0 Å². The highest BCUT2D eigenvalue weighted by Gasteiger charge is 2.37. The van der Waals surface area contributed by atoms with Crippen LogP contribution in [0, 0.1) is 0 Å². The Hall–Kier alpha value is -2.31. The molecule has 1 aliphatic rings. The molecule has 1 heterocycles. The maximum Gasteiger partial charge on any atom is 0.289 e. The van der Waals surface area contributed by atoms with Crippen LogP contribution < -0.4 is 10.6 Å². The van der Waals surface area contributed by atoms with E-state index in [4.69, 9.17) is 0 Å². The number of aliphatic hydroxyl groups is 1. The van der Waals surface area contributed by atoms with Gasteiger partial charge in [-0.15, -0.1) is 0 Å². The minimum atomic E-state index is -0.407. The quantitative estimate of drug-likeness (QED) is 0.683. The Balaban J connectivity index is 1.65. The molecule has 26 heavy (non-hydrogen) atoms. The van der Waals surface area contributed by atoms with Crippen molar-refractivity contribution in [3.8, 4) is 0 Å². The van der Waals surface area contributed by atoms with Crippen molar-refractivity contribution in [3.63, 3.8) is 0 Å². The molecule has 0 spiro atoms. The average molecular weight is 370 g/mol. The van der Waals surface area contributed by atoms with Crippen molar-refractivity contribution >= 4 is 40.3 Å². The summed E-state index contributed by atoms with van der Waals surface area (Å²) in [5.41, 5.74) is 4.50. The van der Waals surface area contributed by atoms with Crippen molar-refractivity contribution in [1.29, 1.82) is 0 Å².